The molecule has 0 saturated carbocycles. The molecule has 0 aliphatic carbocycles. The van der Waals surface area contributed by atoms with Crippen LogP contribution in [0, 0.1) is 0 Å². The monoisotopic (exact) mass is 132 g/mol. The van der Waals surface area contributed by atoms with Crippen LogP contribution in [0.4, 0.5) is 0 Å². The summed E-state index contributed by atoms with van der Waals surface area (Å²) in [6, 6.07) is 0. The van der Waals surface area contributed by atoms with E-state index in [9.17, 15) is 0 Å². The summed E-state index contributed by atoms with van der Waals surface area (Å²) in [5.41, 5.74) is 0. The van der Waals surface area contributed by atoms with Crippen molar-refractivity contribution in [2.75, 3.05) is 26.7 Å². The summed E-state index contributed by atoms with van der Waals surface area (Å²) in [5.74, 6) is 0. The highest BCUT2D eigenvalue weighted by atomic mass is 14.9. The molecule has 0 rings (SSSR count). The quantitative estimate of drug-likeness (QED) is 0.554. The van der Waals surface area contributed by atoms with Crippen LogP contribution in [0.2, 0.25) is 0 Å². The summed E-state index contributed by atoms with van der Waals surface area (Å²) in [4.78, 5) is 0. The van der Waals surface area contributed by atoms with Crippen molar-refractivity contribution in [2.45, 2.75) is 20.8 Å². The van der Waals surface area contributed by atoms with E-state index >= 15 is 0 Å². The van der Waals surface area contributed by atoms with Crippen LogP contribution in [-0.2, 0) is 0 Å². The van der Waals surface area contributed by atoms with Crippen LogP contribution >= 0.6 is 0 Å². The molecule has 0 radical (unpaired) electrons. The average molecular weight is 132 g/mol. The minimum absolute atomic E-state index is 1.06. The molecule has 0 unspecified atom stereocenters. The highest BCUT2D eigenvalue weighted by Crippen LogP contribution is 1.52. The highest BCUT2D eigenvalue weighted by molar-refractivity contribution is 4.42. The van der Waals surface area contributed by atoms with Gasteiger partial charge < -0.3 is 10.6 Å². The van der Waals surface area contributed by atoms with Gasteiger partial charge in [-0.15, -0.1) is 0 Å². The molecule has 0 aliphatic heterocycles. The molecule has 2 N–H and O–H groups in total. The first kappa shape index (κ1) is 11.7. The first-order chi connectivity index (χ1) is 4.41. The number of rotatable bonds is 4. The van der Waals surface area contributed by atoms with E-state index in [4.69, 9.17) is 0 Å². The molecule has 0 bridgehead atoms. The largest absolute Gasteiger partial charge is 0.318 e. The number of hydrogen-bond donors (Lipinski definition) is 2. The van der Waals surface area contributed by atoms with E-state index in [0.717, 1.165) is 19.6 Å². The fourth-order valence-corrected chi connectivity index (χ4v) is 0.390. The summed E-state index contributed by atoms with van der Waals surface area (Å²) in [6.07, 6.45) is 0. The number of likely N-dealkylation sites (N-methyl/N-ethyl adjacent to an activating group) is 2. The standard InChI is InChI=1S/C5H14N2.C2H6/c1-3-7-5-4-6-2;1-2/h6-7H,3-5H2,1-2H3;1-2H3. The predicted molar refractivity (Wildman–Crippen MR) is 43.8 cm³/mol. The molecule has 0 aromatic carbocycles. The lowest BCUT2D eigenvalue weighted by Gasteiger charge is -1.96. The van der Waals surface area contributed by atoms with Crippen LogP contribution in [0.25, 0.3) is 0 Å². The first-order valence-corrected chi connectivity index (χ1v) is 3.77. The molecule has 9 heavy (non-hydrogen) atoms. The third-order valence-electron chi connectivity index (χ3n) is 0.802. The summed E-state index contributed by atoms with van der Waals surface area (Å²) in [5, 5.41) is 6.23. The molecule has 0 fully saturated rings. The molecule has 0 amide bonds. The van der Waals surface area contributed by atoms with Gasteiger partial charge in [-0.2, -0.15) is 0 Å². The van der Waals surface area contributed by atoms with Crippen molar-refractivity contribution in [1.82, 2.24) is 10.6 Å². The van der Waals surface area contributed by atoms with Gasteiger partial charge in [0.15, 0.2) is 0 Å². The van der Waals surface area contributed by atoms with Gasteiger partial charge >= 0.3 is 0 Å². The van der Waals surface area contributed by atoms with E-state index in [2.05, 4.69) is 17.6 Å². The molecular formula is C7H20N2. The van der Waals surface area contributed by atoms with Gasteiger partial charge in [0.1, 0.15) is 0 Å². The van der Waals surface area contributed by atoms with Crippen LogP contribution in [0.15, 0.2) is 0 Å². The Labute approximate surface area is 59.0 Å². The topological polar surface area (TPSA) is 24.1 Å². The summed E-state index contributed by atoms with van der Waals surface area (Å²) in [7, 11) is 1.96. The zero-order chi connectivity index (χ0) is 7.54. The molecule has 0 aromatic heterocycles. The molecule has 0 heterocycles. The normalized spacial score (nSPS) is 8.00. The molecule has 58 valence electrons. The second-order valence-corrected chi connectivity index (χ2v) is 1.46. The fraction of sp³-hybridized carbons (Fsp3) is 1.00. The van der Waals surface area contributed by atoms with Gasteiger partial charge in [-0.25, -0.2) is 0 Å². The lowest BCUT2D eigenvalue weighted by molar-refractivity contribution is 0.672. The third-order valence-corrected chi connectivity index (χ3v) is 0.802. The third kappa shape index (κ3) is 18.1. The Morgan fingerprint density at radius 1 is 1.11 bits per heavy atom. The van der Waals surface area contributed by atoms with Crippen LogP contribution in [-0.4, -0.2) is 26.7 Å². The van der Waals surface area contributed by atoms with Crippen molar-refractivity contribution >= 4 is 0 Å². The molecular weight excluding hydrogens is 112 g/mol. The Kier molecular flexibility index (Phi) is 20.3. The summed E-state index contributed by atoms with van der Waals surface area (Å²) < 4.78 is 0. The Hall–Kier alpha value is -0.0800. The fourth-order valence-electron chi connectivity index (χ4n) is 0.390. The van der Waals surface area contributed by atoms with E-state index in [1.54, 1.807) is 0 Å². The second kappa shape index (κ2) is 15.7. The minimum atomic E-state index is 1.06. The molecule has 0 aliphatic rings. The zero-order valence-electron chi connectivity index (χ0n) is 7.12. The van der Waals surface area contributed by atoms with Crippen LogP contribution < -0.4 is 10.6 Å². The first-order valence-electron chi connectivity index (χ1n) is 3.77. The van der Waals surface area contributed by atoms with Gasteiger partial charge in [0.25, 0.3) is 0 Å². The molecule has 0 spiro atoms. The smallest absolute Gasteiger partial charge is 0.00764 e. The Morgan fingerprint density at radius 2 is 1.67 bits per heavy atom. The average Bonchev–Trinajstić information content (AvgIpc) is 1.94. The van der Waals surface area contributed by atoms with Crippen molar-refractivity contribution in [2.24, 2.45) is 0 Å². The van der Waals surface area contributed by atoms with Gasteiger partial charge in [-0.05, 0) is 13.6 Å². The van der Waals surface area contributed by atoms with E-state index in [0.29, 0.717) is 0 Å². The lowest BCUT2D eigenvalue weighted by Crippen LogP contribution is -2.24. The van der Waals surface area contributed by atoms with Crippen LogP contribution in [0.1, 0.15) is 20.8 Å². The van der Waals surface area contributed by atoms with Crippen molar-refractivity contribution in [3.63, 3.8) is 0 Å². The lowest BCUT2D eigenvalue weighted by atomic mass is 10.6. The van der Waals surface area contributed by atoms with Gasteiger partial charge in [-0.1, -0.05) is 20.8 Å². The number of nitrogens with one attached hydrogen (secondary N) is 2. The molecule has 2 heteroatoms. The van der Waals surface area contributed by atoms with Gasteiger partial charge in [-0.3, -0.25) is 0 Å². The molecule has 0 aromatic rings. The second-order valence-electron chi connectivity index (χ2n) is 1.46. The predicted octanol–water partition coefficient (Wildman–Crippen LogP) is 0.842. The summed E-state index contributed by atoms with van der Waals surface area (Å²) >= 11 is 0. The van der Waals surface area contributed by atoms with Gasteiger partial charge in [0.05, 0.1) is 0 Å². The van der Waals surface area contributed by atoms with Crippen molar-refractivity contribution in [3.8, 4) is 0 Å². The van der Waals surface area contributed by atoms with Crippen molar-refractivity contribution in [3.05, 3.63) is 0 Å². The van der Waals surface area contributed by atoms with Crippen molar-refractivity contribution in [1.29, 1.82) is 0 Å². The summed E-state index contributed by atoms with van der Waals surface area (Å²) in [6.45, 7) is 9.32. The van der Waals surface area contributed by atoms with Crippen LogP contribution in [0.5, 0.6) is 0 Å². The van der Waals surface area contributed by atoms with E-state index < -0.39 is 0 Å². The minimum Gasteiger partial charge on any atom is -0.318 e. The Balaban J connectivity index is 0. The highest BCUT2D eigenvalue weighted by Gasteiger charge is 1.75. The maximum Gasteiger partial charge on any atom is 0.00764 e. The Bertz CT molecular complexity index is 26.1. The van der Waals surface area contributed by atoms with Crippen LogP contribution in [0.3, 0.4) is 0 Å². The zero-order valence-corrected chi connectivity index (χ0v) is 7.12. The Morgan fingerprint density at radius 3 is 2.00 bits per heavy atom. The molecule has 2 nitrogen and oxygen atoms in total. The van der Waals surface area contributed by atoms with Gasteiger partial charge in [0, 0.05) is 13.1 Å². The van der Waals surface area contributed by atoms with E-state index in [1.807, 2.05) is 20.9 Å². The van der Waals surface area contributed by atoms with Gasteiger partial charge in [0.2, 0.25) is 0 Å². The van der Waals surface area contributed by atoms with E-state index in [-0.39, 0.29) is 0 Å². The maximum atomic E-state index is 3.19. The van der Waals surface area contributed by atoms with Crippen molar-refractivity contribution < 1.29 is 0 Å². The molecule has 0 atom stereocenters. The SMILES string of the molecule is CC.CCNCCNC. The van der Waals surface area contributed by atoms with E-state index in [1.165, 1.54) is 0 Å². The number of hydrogen-bond acceptors (Lipinski definition) is 2. The molecule has 0 saturated heterocycles. The maximum absolute atomic E-state index is 3.19.